The zero-order chi connectivity index (χ0) is 13.7. The van der Waals surface area contributed by atoms with E-state index in [2.05, 4.69) is 0 Å². The van der Waals surface area contributed by atoms with Crippen LogP contribution in [0.1, 0.15) is 12.8 Å². The molecule has 0 heterocycles. The smallest absolute Gasteiger partial charge is 0.222 e. The fourth-order valence-corrected chi connectivity index (χ4v) is 2.23. The monoisotopic (exact) mass is 274 g/mol. The number of halogens is 2. The summed E-state index contributed by atoms with van der Waals surface area (Å²) >= 11 is 1.06. The molecule has 0 aliphatic heterocycles. The number of nitrogen functional groups attached to an aromatic ring is 1. The number of nitrogens with zero attached hydrogens (tertiary/aromatic N) is 1. The summed E-state index contributed by atoms with van der Waals surface area (Å²) in [4.78, 5) is 12.7. The summed E-state index contributed by atoms with van der Waals surface area (Å²) in [6.07, 6.45) is 0.948. The molecule has 0 aliphatic carbocycles. The van der Waals surface area contributed by atoms with Gasteiger partial charge in [0.25, 0.3) is 0 Å². The molecule has 3 nitrogen and oxygen atoms in total. The molecule has 1 aromatic rings. The second kappa shape index (κ2) is 6.58. The lowest BCUT2D eigenvalue weighted by Gasteiger charge is -2.10. The molecule has 0 aromatic heterocycles. The van der Waals surface area contributed by atoms with Crippen molar-refractivity contribution in [3.63, 3.8) is 0 Å². The minimum absolute atomic E-state index is 0.00819. The standard InChI is InChI=1S/C12H16F2N2OS/c1-16(2)11(17)4-3-5-18-12-9(13)6-8(15)7-10(12)14/h6-7H,3-5,15H2,1-2H3. The van der Waals surface area contributed by atoms with Crippen LogP contribution in [0, 0.1) is 11.6 Å². The molecule has 1 aromatic carbocycles. The highest BCUT2D eigenvalue weighted by molar-refractivity contribution is 7.99. The summed E-state index contributed by atoms with van der Waals surface area (Å²) in [6.45, 7) is 0. The number of hydrogen-bond donors (Lipinski definition) is 1. The minimum Gasteiger partial charge on any atom is -0.399 e. The summed E-state index contributed by atoms with van der Waals surface area (Å²) in [5, 5.41) is 0. The highest BCUT2D eigenvalue weighted by atomic mass is 32.2. The summed E-state index contributed by atoms with van der Waals surface area (Å²) in [5.74, 6) is -0.820. The highest BCUT2D eigenvalue weighted by Gasteiger charge is 2.11. The number of anilines is 1. The molecule has 18 heavy (non-hydrogen) atoms. The molecule has 0 radical (unpaired) electrons. The van der Waals surface area contributed by atoms with Gasteiger partial charge in [0.15, 0.2) is 0 Å². The first-order valence-corrected chi connectivity index (χ1v) is 6.48. The van der Waals surface area contributed by atoms with Crippen LogP contribution < -0.4 is 5.73 Å². The molecule has 1 rings (SSSR count). The van der Waals surface area contributed by atoms with Gasteiger partial charge < -0.3 is 10.6 Å². The average Bonchev–Trinajstić information content (AvgIpc) is 2.26. The lowest BCUT2D eigenvalue weighted by Crippen LogP contribution is -2.21. The number of thioether (sulfide) groups is 1. The van der Waals surface area contributed by atoms with Gasteiger partial charge in [-0.05, 0) is 24.3 Å². The van der Waals surface area contributed by atoms with Crippen molar-refractivity contribution in [1.29, 1.82) is 0 Å². The Morgan fingerprint density at radius 1 is 1.33 bits per heavy atom. The van der Waals surface area contributed by atoms with Gasteiger partial charge in [0.05, 0.1) is 4.90 Å². The molecule has 100 valence electrons. The Kier molecular flexibility index (Phi) is 5.40. The summed E-state index contributed by atoms with van der Waals surface area (Å²) in [7, 11) is 3.35. The first-order chi connectivity index (χ1) is 8.41. The molecule has 0 unspecified atom stereocenters. The van der Waals surface area contributed by atoms with Crippen LogP contribution in [0.15, 0.2) is 17.0 Å². The van der Waals surface area contributed by atoms with E-state index in [1.54, 1.807) is 14.1 Å². The van der Waals surface area contributed by atoms with E-state index < -0.39 is 11.6 Å². The predicted octanol–water partition coefficient (Wildman–Crippen LogP) is 2.51. The topological polar surface area (TPSA) is 46.3 Å². The number of carbonyl (C=O) groups excluding carboxylic acids is 1. The van der Waals surface area contributed by atoms with Gasteiger partial charge in [-0.1, -0.05) is 0 Å². The second-order valence-corrected chi connectivity index (χ2v) is 5.16. The lowest BCUT2D eigenvalue weighted by atomic mass is 10.3. The molecule has 0 spiro atoms. The fourth-order valence-electron chi connectivity index (χ4n) is 1.34. The van der Waals surface area contributed by atoms with Gasteiger partial charge in [-0.3, -0.25) is 4.79 Å². The van der Waals surface area contributed by atoms with Crippen LogP contribution in [0.5, 0.6) is 0 Å². The van der Waals surface area contributed by atoms with Gasteiger partial charge in [-0.25, -0.2) is 8.78 Å². The molecule has 0 atom stereocenters. The molecule has 1 amide bonds. The molecule has 0 saturated heterocycles. The number of nitrogens with two attached hydrogens (primary N) is 1. The molecule has 0 saturated carbocycles. The van der Waals surface area contributed by atoms with E-state index in [1.165, 1.54) is 4.90 Å². The molecule has 0 bridgehead atoms. The first-order valence-electron chi connectivity index (χ1n) is 5.49. The molecular weight excluding hydrogens is 258 g/mol. The fraction of sp³-hybridized carbons (Fsp3) is 0.417. The molecule has 2 N–H and O–H groups in total. The van der Waals surface area contributed by atoms with Gasteiger partial charge >= 0.3 is 0 Å². The van der Waals surface area contributed by atoms with Crippen molar-refractivity contribution in [2.45, 2.75) is 17.7 Å². The quantitative estimate of drug-likeness (QED) is 0.510. The maximum absolute atomic E-state index is 13.4. The van der Waals surface area contributed by atoms with Gasteiger partial charge in [0.1, 0.15) is 11.6 Å². The third-order valence-electron chi connectivity index (χ3n) is 2.30. The summed E-state index contributed by atoms with van der Waals surface area (Å²) in [6, 6.07) is 2.19. The number of hydrogen-bond acceptors (Lipinski definition) is 3. The van der Waals surface area contributed by atoms with Crippen molar-refractivity contribution >= 4 is 23.4 Å². The van der Waals surface area contributed by atoms with E-state index >= 15 is 0 Å². The Balaban J connectivity index is 2.47. The van der Waals surface area contributed by atoms with Gasteiger partial charge in [0, 0.05) is 26.2 Å². The summed E-state index contributed by atoms with van der Waals surface area (Å²) in [5.41, 5.74) is 5.38. The van der Waals surface area contributed by atoms with Crippen LogP contribution >= 0.6 is 11.8 Å². The normalized spacial score (nSPS) is 10.4. The molecular formula is C12H16F2N2OS. The SMILES string of the molecule is CN(C)C(=O)CCCSc1c(F)cc(N)cc1F. The Bertz CT molecular complexity index is 415. The molecule has 0 fully saturated rings. The number of rotatable bonds is 5. The van der Waals surface area contributed by atoms with E-state index in [0.29, 0.717) is 18.6 Å². The zero-order valence-electron chi connectivity index (χ0n) is 10.4. The third-order valence-corrected chi connectivity index (χ3v) is 3.47. The van der Waals surface area contributed by atoms with Crippen LogP contribution in [-0.4, -0.2) is 30.7 Å². The largest absolute Gasteiger partial charge is 0.399 e. The van der Waals surface area contributed by atoms with Crippen LogP contribution in [0.2, 0.25) is 0 Å². The van der Waals surface area contributed by atoms with Crippen LogP contribution in [-0.2, 0) is 4.79 Å². The first kappa shape index (κ1) is 14.8. The van der Waals surface area contributed by atoms with E-state index in [9.17, 15) is 13.6 Å². The molecule has 0 aliphatic rings. The van der Waals surface area contributed by atoms with Crippen molar-refractivity contribution in [1.82, 2.24) is 4.90 Å². The number of carbonyl (C=O) groups is 1. The Hall–Kier alpha value is -1.30. The maximum Gasteiger partial charge on any atom is 0.222 e. The Labute approximate surface area is 109 Å². The van der Waals surface area contributed by atoms with Crippen molar-refractivity contribution in [2.24, 2.45) is 0 Å². The highest BCUT2D eigenvalue weighted by Crippen LogP contribution is 2.27. The lowest BCUT2D eigenvalue weighted by molar-refractivity contribution is -0.128. The van der Waals surface area contributed by atoms with Crippen molar-refractivity contribution in [2.75, 3.05) is 25.6 Å². The third kappa shape index (κ3) is 4.18. The van der Waals surface area contributed by atoms with Crippen LogP contribution in [0.3, 0.4) is 0 Å². The van der Waals surface area contributed by atoms with Gasteiger partial charge in [0.2, 0.25) is 5.91 Å². The van der Waals surface area contributed by atoms with Crippen LogP contribution in [0.25, 0.3) is 0 Å². The van der Waals surface area contributed by atoms with E-state index in [4.69, 9.17) is 5.73 Å². The average molecular weight is 274 g/mol. The minimum atomic E-state index is -0.656. The maximum atomic E-state index is 13.4. The van der Waals surface area contributed by atoms with E-state index in [-0.39, 0.29) is 16.5 Å². The van der Waals surface area contributed by atoms with E-state index in [1.807, 2.05) is 0 Å². The number of benzene rings is 1. The second-order valence-electron chi connectivity index (χ2n) is 4.05. The van der Waals surface area contributed by atoms with E-state index in [0.717, 1.165) is 23.9 Å². The Morgan fingerprint density at radius 3 is 2.39 bits per heavy atom. The van der Waals surface area contributed by atoms with Gasteiger partial charge in [-0.15, -0.1) is 11.8 Å². The Morgan fingerprint density at radius 2 is 1.89 bits per heavy atom. The zero-order valence-corrected chi connectivity index (χ0v) is 11.2. The van der Waals surface area contributed by atoms with Crippen molar-refractivity contribution < 1.29 is 13.6 Å². The van der Waals surface area contributed by atoms with Crippen molar-refractivity contribution in [3.05, 3.63) is 23.8 Å². The van der Waals surface area contributed by atoms with Crippen LogP contribution in [0.4, 0.5) is 14.5 Å². The van der Waals surface area contributed by atoms with Gasteiger partial charge in [-0.2, -0.15) is 0 Å². The predicted molar refractivity (Wildman–Crippen MR) is 69.4 cm³/mol. The van der Waals surface area contributed by atoms with Crippen molar-refractivity contribution in [3.8, 4) is 0 Å². The number of amides is 1. The summed E-state index contributed by atoms with van der Waals surface area (Å²) < 4.78 is 26.8. The molecule has 6 heteroatoms.